The van der Waals surface area contributed by atoms with Gasteiger partial charge in [-0.3, -0.25) is 0 Å². The first-order chi connectivity index (χ1) is 8.83. The molecule has 1 aromatic rings. The zero-order valence-corrected chi connectivity index (χ0v) is 12.2. The Morgan fingerprint density at radius 1 is 1.33 bits per heavy atom. The molecule has 0 radical (unpaired) electrons. The molecule has 4 heteroatoms. The topological polar surface area (TPSA) is 21.3 Å². The van der Waals surface area contributed by atoms with Gasteiger partial charge in [0.05, 0.1) is 10.4 Å². The fraction of sp³-hybridized carbons (Fsp3) is 0.714. The molecule has 1 aliphatic carbocycles. The molecule has 0 bridgehead atoms. The van der Waals surface area contributed by atoms with Crippen molar-refractivity contribution >= 4 is 22.9 Å². The van der Waals surface area contributed by atoms with Gasteiger partial charge in [-0.2, -0.15) is 0 Å². The molecule has 3 rings (SSSR count). The van der Waals surface area contributed by atoms with Crippen molar-refractivity contribution in [1.82, 2.24) is 5.32 Å². The van der Waals surface area contributed by atoms with Crippen LogP contribution < -0.4 is 5.32 Å². The van der Waals surface area contributed by atoms with Crippen molar-refractivity contribution in [1.29, 1.82) is 0 Å². The molecule has 1 saturated heterocycles. The molecule has 1 aromatic heterocycles. The summed E-state index contributed by atoms with van der Waals surface area (Å²) in [5.41, 5.74) is 1.44. The third-order valence-electron chi connectivity index (χ3n) is 3.95. The second-order valence-electron chi connectivity index (χ2n) is 5.27. The Balaban J connectivity index is 1.59. The minimum atomic E-state index is 0.415. The minimum absolute atomic E-state index is 0.415. The maximum absolute atomic E-state index is 6.13. The van der Waals surface area contributed by atoms with E-state index in [1.807, 2.05) is 0 Å². The molecular weight excluding hydrogens is 266 g/mol. The maximum Gasteiger partial charge on any atom is 0.0934 e. The Hall–Kier alpha value is -0.0900. The van der Waals surface area contributed by atoms with E-state index in [1.165, 1.54) is 49.0 Å². The lowest BCUT2D eigenvalue weighted by Gasteiger charge is -2.28. The Kier molecular flexibility index (Phi) is 4.24. The van der Waals surface area contributed by atoms with Crippen LogP contribution in [0, 0.1) is 0 Å². The van der Waals surface area contributed by atoms with Crippen LogP contribution >= 0.6 is 22.9 Å². The van der Waals surface area contributed by atoms with E-state index in [0.717, 1.165) is 17.5 Å². The fourth-order valence-electron chi connectivity index (χ4n) is 2.98. The van der Waals surface area contributed by atoms with Crippen molar-refractivity contribution in [2.24, 2.45) is 0 Å². The lowest BCUT2D eigenvalue weighted by Crippen LogP contribution is -2.35. The van der Waals surface area contributed by atoms with E-state index >= 15 is 0 Å². The summed E-state index contributed by atoms with van der Waals surface area (Å²) in [6.07, 6.45) is 7.86. The molecule has 2 nitrogen and oxygen atoms in total. The second kappa shape index (κ2) is 5.91. The number of halogens is 1. The molecule has 0 amide bonds. The third-order valence-corrected chi connectivity index (χ3v) is 5.29. The van der Waals surface area contributed by atoms with Gasteiger partial charge in [-0.25, -0.2) is 0 Å². The highest BCUT2D eigenvalue weighted by atomic mass is 35.5. The van der Waals surface area contributed by atoms with E-state index in [2.05, 4.69) is 11.4 Å². The van der Waals surface area contributed by atoms with E-state index in [0.29, 0.717) is 12.1 Å². The first-order valence-corrected chi connectivity index (χ1v) is 8.15. The summed E-state index contributed by atoms with van der Waals surface area (Å²) in [5.74, 6) is 0. The van der Waals surface area contributed by atoms with Crippen LogP contribution in [-0.2, 0) is 11.2 Å². The lowest BCUT2D eigenvalue weighted by atomic mass is 9.94. The summed E-state index contributed by atoms with van der Waals surface area (Å²) in [7, 11) is 0. The van der Waals surface area contributed by atoms with E-state index < -0.39 is 0 Å². The highest BCUT2D eigenvalue weighted by molar-refractivity contribution is 7.16. The summed E-state index contributed by atoms with van der Waals surface area (Å²) in [6.45, 7) is 1.92. The van der Waals surface area contributed by atoms with Crippen LogP contribution in [0.15, 0.2) is 6.07 Å². The second-order valence-corrected chi connectivity index (χ2v) is 7.04. The molecule has 0 aromatic carbocycles. The van der Waals surface area contributed by atoms with E-state index in [1.54, 1.807) is 11.3 Å². The van der Waals surface area contributed by atoms with Crippen molar-refractivity contribution in [3.05, 3.63) is 20.8 Å². The lowest BCUT2D eigenvalue weighted by molar-refractivity contribution is 0.0150. The van der Waals surface area contributed by atoms with Gasteiger partial charge in [-0.15, -0.1) is 11.3 Å². The monoisotopic (exact) mass is 285 g/mol. The standard InChI is InChI=1S/C14H20ClNOS/c15-14-8-11-12(5-3-6-13(11)18-14)16-9-10-4-1-2-7-17-10/h8,10,12,16H,1-7,9H2. The highest BCUT2D eigenvalue weighted by Crippen LogP contribution is 2.37. The number of ether oxygens (including phenoxy) is 1. The molecule has 1 aliphatic heterocycles. The third kappa shape index (κ3) is 2.90. The van der Waals surface area contributed by atoms with Gasteiger partial charge < -0.3 is 10.1 Å². The average molecular weight is 286 g/mol. The number of fused-ring (bicyclic) bond motifs is 1. The van der Waals surface area contributed by atoms with Gasteiger partial charge in [0.1, 0.15) is 0 Å². The Labute approximate surface area is 118 Å². The smallest absolute Gasteiger partial charge is 0.0934 e. The first kappa shape index (κ1) is 12.9. The van der Waals surface area contributed by atoms with Crippen LogP contribution in [0.4, 0.5) is 0 Å². The van der Waals surface area contributed by atoms with E-state index in [-0.39, 0.29) is 0 Å². The van der Waals surface area contributed by atoms with Crippen molar-refractivity contribution in [3.63, 3.8) is 0 Å². The molecule has 2 heterocycles. The number of thiophene rings is 1. The SMILES string of the molecule is Clc1cc2c(s1)CCCC2NCC1CCCCO1. The molecule has 18 heavy (non-hydrogen) atoms. The van der Waals surface area contributed by atoms with E-state index in [4.69, 9.17) is 16.3 Å². The molecular formula is C14H20ClNOS. The van der Waals surface area contributed by atoms with Gasteiger partial charge in [0, 0.05) is 24.1 Å². The van der Waals surface area contributed by atoms with Gasteiger partial charge in [-0.05, 0) is 50.2 Å². The number of rotatable bonds is 3. The van der Waals surface area contributed by atoms with Crippen molar-refractivity contribution in [2.75, 3.05) is 13.2 Å². The van der Waals surface area contributed by atoms with Crippen LogP contribution in [0.3, 0.4) is 0 Å². The summed E-state index contributed by atoms with van der Waals surface area (Å²) >= 11 is 7.88. The predicted octanol–water partition coefficient (Wildman–Crippen LogP) is 3.94. The zero-order chi connectivity index (χ0) is 12.4. The van der Waals surface area contributed by atoms with Crippen LogP contribution in [0.2, 0.25) is 4.34 Å². The van der Waals surface area contributed by atoms with Crippen LogP contribution in [0.5, 0.6) is 0 Å². The fourth-order valence-corrected chi connectivity index (χ4v) is 4.36. The Morgan fingerprint density at radius 3 is 3.11 bits per heavy atom. The van der Waals surface area contributed by atoms with Gasteiger partial charge in [-0.1, -0.05) is 11.6 Å². The summed E-state index contributed by atoms with van der Waals surface area (Å²) in [6, 6.07) is 2.64. The number of nitrogens with one attached hydrogen (secondary N) is 1. The number of aryl methyl sites for hydroxylation is 1. The van der Waals surface area contributed by atoms with Crippen LogP contribution in [0.1, 0.15) is 48.6 Å². The quantitative estimate of drug-likeness (QED) is 0.908. The minimum Gasteiger partial charge on any atom is -0.377 e. The molecule has 2 aliphatic rings. The predicted molar refractivity (Wildman–Crippen MR) is 76.6 cm³/mol. The van der Waals surface area contributed by atoms with Gasteiger partial charge >= 0.3 is 0 Å². The molecule has 0 spiro atoms. The zero-order valence-electron chi connectivity index (χ0n) is 10.6. The molecule has 2 atom stereocenters. The van der Waals surface area contributed by atoms with Gasteiger partial charge in [0.15, 0.2) is 0 Å². The van der Waals surface area contributed by atoms with Crippen molar-refractivity contribution in [2.45, 2.75) is 50.7 Å². The van der Waals surface area contributed by atoms with E-state index in [9.17, 15) is 0 Å². The normalized spacial score (nSPS) is 28.1. The Bertz CT molecular complexity index is 400. The van der Waals surface area contributed by atoms with Crippen molar-refractivity contribution in [3.8, 4) is 0 Å². The largest absolute Gasteiger partial charge is 0.377 e. The Morgan fingerprint density at radius 2 is 2.28 bits per heavy atom. The summed E-state index contributed by atoms with van der Waals surface area (Å²) in [5, 5.41) is 3.68. The van der Waals surface area contributed by atoms with Crippen LogP contribution in [0.25, 0.3) is 0 Å². The van der Waals surface area contributed by atoms with Gasteiger partial charge in [0.2, 0.25) is 0 Å². The molecule has 1 fully saturated rings. The molecule has 100 valence electrons. The summed E-state index contributed by atoms with van der Waals surface area (Å²) < 4.78 is 6.71. The highest BCUT2D eigenvalue weighted by Gasteiger charge is 2.23. The number of hydrogen-bond donors (Lipinski definition) is 1. The average Bonchev–Trinajstić information content (AvgIpc) is 2.78. The first-order valence-electron chi connectivity index (χ1n) is 6.96. The van der Waals surface area contributed by atoms with Crippen molar-refractivity contribution < 1.29 is 4.74 Å². The molecule has 2 unspecified atom stereocenters. The number of hydrogen-bond acceptors (Lipinski definition) is 3. The molecule has 1 N–H and O–H groups in total. The maximum atomic E-state index is 6.13. The summed E-state index contributed by atoms with van der Waals surface area (Å²) in [4.78, 5) is 1.48. The van der Waals surface area contributed by atoms with Crippen LogP contribution in [-0.4, -0.2) is 19.3 Å². The van der Waals surface area contributed by atoms with Gasteiger partial charge in [0.25, 0.3) is 0 Å². The molecule has 0 saturated carbocycles.